The summed E-state index contributed by atoms with van der Waals surface area (Å²) >= 11 is 9.54. The molecule has 0 spiro atoms. The number of unbranched alkanes of at least 4 members (excludes halogenated alkanes) is 6. The predicted octanol–water partition coefficient (Wildman–Crippen LogP) is 10.2. The quantitative estimate of drug-likeness (QED) is 0.111. The summed E-state index contributed by atoms with van der Waals surface area (Å²) in [5.41, 5.74) is 1.51. The van der Waals surface area contributed by atoms with Crippen LogP contribution in [0.3, 0.4) is 0 Å². The topological polar surface area (TPSA) is 73.6 Å². The molecule has 0 fully saturated rings. The van der Waals surface area contributed by atoms with E-state index in [-0.39, 0.29) is 18.3 Å². The number of carbonyl (C=O) groups is 1. The Labute approximate surface area is 274 Å². The van der Waals surface area contributed by atoms with Crippen LogP contribution in [0.1, 0.15) is 141 Å². The van der Waals surface area contributed by atoms with E-state index in [1.165, 1.54) is 38.5 Å². The number of carbonyl (C=O) groups excluding carboxylic acids is 1. The molecule has 244 valence electrons. The average molecular weight is 684 g/mol. The van der Waals surface area contributed by atoms with Crippen LogP contribution in [0.15, 0.2) is 29.0 Å². The lowest BCUT2D eigenvalue weighted by molar-refractivity contribution is 0.0356. The van der Waals surface area contributed by atoms with Crippen LogP contribution in [-0.2, 0) is 9.47 Å². The Kier molecular flexibility index (Phi) is 16.3. The largest absolute Gasteiger partial charge is 0.461 e. The highest BCUT2D eigenvalue weighted by Crippen LogP contribution is 2.47. The Hall–Kier alpha value is -1.41. The van der Waals surface area contributed by atoms with Crippen LogP contribution in [0.5, 0.6) is 0 Å². The molecule has 2 rings (SSSR count). The number of imidazole rings is 1. The Balaban J connectivity index is 1.83. The van der Waals surface area contributed by atoms with Gasteiger partial charge in [-0.25, -0.2) is 9.78 Å². The fourth-order valence-electron chi connectivity index (χ4n) is 6.96. The third-order valence-corrected chi connectivity index (χ3v) is 10.1. The maximum Gasteiger partial charge on any atom is 0.358 e. The number of aliphatic hydroxyl groups excluding tert-OH is 1. The number of aromatic nitrogens is 2. The molecule has 0 radical (unpaired) electrons. The summed E-state index contributed by atoms with van der Waals surface area (Å²) in [4.78, 5) is 17.1. The Morgan fingerprint density at radius 2 is 1.47 bits per heavy atom. The van der Waals surface area contributed by atoms with Crippen LogP contribution in [0.25, 0.3) is 0 Å². The van der Waals surface area contributed by atoms with Gasteiger partial charge in [0.25, 0.3) is 0 Å². The second kappa shape index (κ2) is 18.5. The maximum atomic E-state index is 12.7. The zero-order valence-electron chi connectivity index (χ0n) is 27.8. The van der Waals surface area contributed by atoms with Gasteiger partial charge in [0.1, 0.15) is 6.10 Å². The van der Waals surface area contributed by atoms with Crippen molar-refractivity contribution in [2.75, 3.05) is 19.8 Å². The van der Waals surface area contributed by atoms with Crippen molar-refractivity contribution in [3.63, 3.8) is 0 Å². The highest BCUT2D eigenvalue weighted by atomic mass is 79.9. The lowest BCUT2D eigenvalue weighted by Crippen LogP contribution is -2.38. The standard InChI is InChI=1S/C35H56BrClN2O4/c1-9-43-33(41)30-31(32(40)28-17-19-29(37)20-18-28)39(34(36)38-30)27(8)23-42-22-16-14-12-10-11-13-15-21-35(24(2)3,25(4)5)26(6)7/h17-20,24-27,32,40H,9-16,21-23H2,1-8H3/t27-,32?/m0/s1. The summed E-state index contributed by atoms with van der Waals surface area (Å²) in [5.74, 6) is 1.57. The van der Waals surface area contributed by atoms with Crippen molar-refractivity contribution in [3.8, 4) is 0 Å². The molecule has 0 amide bonds. The van der Waals surface area contributed by atoms with Crippen molar-refractivity contribution in [2.45, 2.75) is 119 Å². The summed E-state index contributed by atoms with van der Waals surface area (Å²) in [6.45, 7) is 19.5. The first-order valence-corrected chi connectivity index (χ1v) is 17.5. The molecular formula is C35H56BrClN2O4. The first-order valence-electron chi connectivity index (χ1n) is 16.3. The molecule has 0 saturated heterocycles. The van der Waals surface area contributed by atoms with Gasteiger partial charge >= 0.3 is 5.97 Å². The van der Waals surface area contributed by atoms with E-state index in [2.05, 4.69) is 62.5 Å². The van der Waals surface area contributed by atoms with Gasteiger partial charge in [0.15, 0.2) is 10.4 Å². The maximum absolute atomic E-state index is 12.7. The van der Waals surface area contributed by atoms with E-state index < -0.39 is 12.1 Å². The van der Waals surface area contributed by atoms with Crippen LogP contribution in [0.4, 0.5) is 0 Å². The molecule has 0 saturated carbocycles. The molecular weight excluding hydrogens is 628 g/mol. The monoisotopic (exact) mass is 682 g/mol. The summed E-state index contributed by atoms with van der Waals surface area (Å²) in [7, 11) is 0. The van der Waals surface area contributed by atoms with E-state index in [1.807, 2.05) is 11.5 Å². The van der Waals surface area contributed by atoms with Gasteiger partial charge in [-0.15, -0.1) is 0 Å². The van der Waals surface area contributed by atoms with Crippen molar-refractivity contribution in [1.29, 1.82) is 0 Å². The smallest absolute Gasteiger partial charge is 0.358 e. The lowest BCUT2D eigenvalue weighted by atomic mass is 9.60. The Morgan fingerprint density at radius 3 is 2.00 bits per heavy atom. The van der Waals surface area contributed by atoms with E-state index in [1.54, 1.807) is 31.2 Å². The molecule has 0 aliphatic heterocycles. The molecule has 1 aromatic heterocycles. The number of hydrogen-bond donors (Lipinski definition) is 1. The summed E-state index contributed by atoms with van der Waals surface area (Å²) < 4.78 is 13.5. The highest BCUT2D eigenvalue weighted by Gasteiger charge is 2.39. The molecule has 1 N–H and O–H groups in total. The molecule has 2 atom stereocenters. The van der Waals surface area contributed by atoms with Crippen LogP contribution < -0.4 is 0 Å². The Morgan fingerprint density at radius 1 is 0.930 bits per heavy atom. The molecule has 0 bridgehead atoms. The number of nitrogens with zero attached hydrogens (tertiary/aromatic N) is 2. The number of aliphatic hydroxyl groups is 1. The number of benzene rings is 1. The van der Waals surface area contributed by atoms with Gasteiger partial charge in [-0.05, 0) is 83.5 Å². The third kappa shape index (κ3) is 10.3. The van der Waals surface area contributed by atoms with E-state index in [9.17, 15) is 9.90 Å². The van der Waals surface area contributed by atoms with Gasteiger partial charge in [0.2, 0.25) is 0 Å². The zero-order chi connectivity index (χ0) is 32.2. The second-order valence-corrected chi connectivity index (χ2v) is 14.0. The molecule has 8 heteroatoms. The number of hydrogen-bond acceptors (Lipinski definition) is 5. The van der Waals surface area contributed by atoms with Gasteiger partial charge in [0.05, 0.1) is 24.9 Å². The second-order valence-electron chi connectivity index (χ2n) is 12.9. The van der Waals surface area contributed by atoms with Crippen molar-refractivity contribution in [3.05, 3.63) is 51.0 Å². The van der Waals surface area contributed by atoms with Crippen molar-refractivity contribution in [2.24, 2.45) is 23.2 Å². The molecule has 6 nitrogen and oxygen atoms in total. The molecule has 0 aliphatic carbocycles. The van der Waals surface area contributed by atoms with Gasteiger partial charge in [-0.1, -0.05) is 104 Å². The van der Waals surface area contributed by atoms with Crippen LogP contribution >= 0.6 is 27.5 Å². The van der Waals surface area contributed by atoms with Crippen molar-refractivity contribution in [1.82, 2.24) is 9.55 Å². The first-order chi connectivity index (χ1) is 20.4. The highest BCUT2D eigenvalue weighted by molar-refractivity contribution is 9.10. The summed E-state index contributed by atoms with van der Waals surface area (Å²) in [6, 6.07) is 6.73. The molecule has 1 heterocycles. The summed E-state index contributed by atoms with van der Waals surface area (Å²) in [6.07, 6.45) is 8.88. The number of rotatable bonds is 20. The zero-order valence-corrected chi connectivity index (χ0v) is 30.1. The number of ether oxygens (including phenoxy) is 2. The normalized spacial score (nSPS) is 13.7. The minimum Gasteiger partial charge on any atom is -0.461 e. The molecule has 1 aromatic carbocycles. The number of esters is 1. The fraction of sp³-hybridized carbons (Fsp3) is 0.714. The van der Waals surface area contributed by atoms with E-state index in [0.29, 0.717) is 57.4 Å². The minimum absolute atomic E-state index is 0.0892. The van der Waals surface area contributed by atoms with E-state index >= 15 is 0 Å². The van der Waals surface area contributed by atoms with Crippen LogP contribution in [0.2, 0.25) is 5.02 Å². The predicted molar refractivity (Wildman–Crippen MR) is 181 cm³/mol. The fourth-order valence-corrected chi connectivity index (χ4v) is 7.81. The molecule has 1 unspecified atom stereocenters. The van der Waals surface area contributed by atoms with Gasteiger partial charge in [-0.2, -0.15) is 0 Å². The SMILES string of the molecule is CCOC(=O)c1nc(Br)n([C@@H](C)COCCCCCCCCCC(C(C)C)(C(C)C)C(C)C)c1C(O)c1ccc(Cl)cc1. The average Bonchev–Trinajstić information content (AvgIpc) is 3.30. The van der Waals surface area contributed by atoms with Crippen LogP contribution in [-0.4, -0.2) is 40.4 Å². The minimum atomic E-state index is -1.09. The Bertz CT molecular complexity index is 1080. The van der Waals surface area contributed by atoms with Crippen molar-refractivity contribution < 1.29 is 19.4 Å². The van der Waals surface area contributed by atoms with Gasteiger partial charge in [0, 0.05) is 11.6 Å². The molecule has 2 aromatic rings. The molecule has 43 heavy (non-hydrogen) atoms. The van der Waals surface area contributed by atoms with Gasteiger partial charge in [-0.3, -0.25) is 0 Å². The van der Waals surface area contributed by atoms with Crippen molar-refractivity contribution >= 4 is 33.5 Å². The van der Waals surface area contributed by atoms with Gasteiger partial charge < -0.3 is 19.1 Å². The van der Waals surface area contributed by atoms with Crippen LogP contribution in [0, 0.1) is 23.2 Å². The number of halogens is 2. The third-order valence-electron chi connectivity index (χ3n) is 9.24. The molecule has 0 aliphatic rings. The lowest BCUT2D eigenvalue weighted by Gasteiger charge is -2.45. The van der Waals surface area contributed by atoms with E-state index in [0.717, 1.165) is 12.8 Å². The first kappa shape index (κ1) is 37.8. The van der Waals surface area contributed by atoms with E-state index in [4.69, 9.17) is 21.1 Å². The summed E-state index contributed by atoms with van der Waals surface area (Å²) in [5, 5.41) is 11.9.